The lowest BCUT2D eigenvalue weighted by Crippen LogP contribution is -2.10. The summed E-state index contributed by atoms with van der Waals surface area (Å²) in [4.78, 5) is 6.07. The van der Waals surface area contributed by atoms with Crippen molar-refractivity contribution in [3.63, 3.8) is 0 Å². The highest BCUT2D eigenvalue weighted by Gasteiger charge is 2.38. The van der Waals surface area contributed by atoms with Gasteiger partial charge < -0.3 is 4.52 Å². The Morgan fingerprint density at radius 2 is 1.71 bits per heavy atom. The number of alkyl halides is 3. The Hall–Kier alpha value is 0.0600. The molecule has 96 valence electrons. The second kappa shape index (κ2) is 4.97. The smallest absolute Gasteiger partial charge is 0.402 e. The molecule has 1 rings (SSSR count). The third-order valence-electron chi connectivity index (χ3n) is 1.25. The fraction of sp³-hybridized carbons (Fsp3) is 0.200. The minimum atomic E-state index is -4.88. The molecule has 0 spiro atoms. The maximum absolute atomic E-state index is 12.4. The number of hydrogen-bond donors (Lipinski definition) is 0. The number of rotatable bonds is 2. The summed E-state index contributed by atoms with van der Waals surface area (Å²) in [5.41, 5.74) is -1.55. The van der Waals surface area contributed by atoms with E-state index in [9.17, 15) is 17.7 Å². The Bertz CT molecular complexity index is 491. The van der Waals surface area contributed by atoms with E-state index in [-0.39, 0.29) is 0 Å². The fourth-order valence-electron chi connectivity index (χ4n) is 0.749. The Labute approximate surface area is 112 Å². The molecule has 0 aromatic carbocycles. The monoisotopic (exact) mass is 348 g/mol. The highest BCUT2D eigenvalue weighted by atomic mass is 35.9. The molecule has 0 aliphatic heterocycles. The van der Waals surface area contributed by atoms with Crippen LogP contribution in [0.1, 0.15) is 5.69 Å². The molecule has 1 heterocycles. The average molecular weight is 350 g/mol. The summed E-state index contributed by atoms with van der Waals surface area (Å²) in [6.07, 6.45) is -9.05. The summed E-state index contributed by atoms with van der Waals surface area (Å²) in [5, 5.41) is -1.85. The van der Waals surface area contributed by atoms with Crippen LogP contribution in [0.5, 0.6) is 5.88 Å². The standard InChI is InChI=1S/C5Cl4F3N2O2P/c6-1-2(5(10,11)12)13-4(7)14-3(1)16-17(8,9)15. The van der Waals surface area contributed by atoms with Gasteiger partial charge in [0.05, 0.1) is 0 Å². The van der Waals surface area contributed by atoms with Crippen LogP contribution in [0.3, 0.4) is 0 Å². The molecule has 0 fully saturated rings. The molecule has 0 unspecified atom stereocenters. The first kappa shape index (κ1) is 15.1. The molecule has 1 aromatic heterocycles. The molecule has 0 radical (unpaired) electrons. The summed E-state index contributed by atoms with van der Waals surface area (Å²) in [7, 11) is 0. The molecule has 12 heteroatoms. The van der Waals surface area contributed by atoms with Crippen molar-refractivity contribution in [1.29, 1.82) is 0 Å². The van der Waals surface area contributed by atoms with E-state index in [0.717, 1.165) is 0 Å². The molecule has 0 atom stereocenters. The van der Waals surface area contributed by atoms with Gasteiger partial charge in [0, 0.05) is 22.5 Å². The molecule has 17 heavy (non-hydrogen) atoms. The largest absolute Gasteiger partial charge is 0.435 e. The van der Waals surface area contributed by atoms with Crippen molar-refractivity contribution in [3.05, 3.63) is 16.0 Å². The van der Waals surface area contributed by atoms with Crippen molar-refractivity contribution >= 4 is 51.8 Å². The summed E-state index contributed by atoms with van der Waals surface area (Å²) in [6, 6.07) is 0. The third kappa shape index (κ3) is 4.34. The van der Waals surface area contributed by atoms with E-state index in [1.807, 2.05) is 0 Å². The molecular formula is C5Cl4F3N2O2P. The van der Waals surface area contributed by atoms with Crippen molar-refractivity contribution in [3.8, 4) is 5.88 Å². The highest BCUT2D eigenvalue weighted by molar-refractivity contribution is 8.05. The summed E-state index contributed by atoms with van der Waals surface area (Å²) < 4.78 is 52.4. The van der Waals surface area contributed by atoms with E-state index in [1.165, 1.54) is 0 Å². The molecule has 0 aliphatic carbocycles. The lowest BCUT2D eigenvalue weighted by Gasteiger charge is -2.11. The normalized spacial score (nSPS) is 12.6. The molecule has 0 aliphatic rings. The van der Waals surface area contributed by atoms with Gasteiger partial charge in [0.15, 0.2) is 5.69 Å². The zero-order chi connectivity index (χ0) is 13.4. The van der Waals surface area contributed by atoms with E-state index in [2.05, 4.69) is 14.5 Å². The van der Waals surface area contributed by atoms with E-state index in [4.69, 9.17) is 45.7 Å². The van der Waals surface area contributed by atoms with E-state index in [1.54, 1.807) is 0 Å². The molecule has 0 bridgehead atoms. The predicted octanol–water partition coefficient (Wildman–Crippen LogP) is 4.77. The Balaban J connectivity index is 3.34. The zero-order valence-corrected chi connectivity index (χ0v) is 11.2. The lowest BCUT2D eigenvalue weighted by atomic mass is 10.4. The fourth-order valence-corrected chi connectivity index (χ4v) is 1.92. The first-order valence-corrected chi connectivity index (χ1v) is 7.69. The van der Waals surface area contributed by atoms with Crippen LogP contribution < -0.4 is 4.52 Å². The topological polar surface area (TPSA) is 52.1 Å². The minimum absolute atomic E-state index is 0.807. The third-order valence-corrected chi connectivity index (χ3v) is 2.56. The number of nitrogens with zero attached hydrogens (tertiary/aromatic N) is 2. The number of halogens is 7. The van der Waals surface area contributed by atoms with E-state index < -0.39 is 34.1 Å². The molecule has 4 nitrogen and oxygen atoms in total. The van der Waals surface area contributed by atoms with Gasteiger partial charge in [0.2, 0.25) is 11.2 Å². The van der Waals surface area contributed by atoms with Gasteiger partial charge in [0.1, 0.15) is 5.02 Å². The quantitative estimate of drug-likeness (QED) is 0.570. The van der Waals surface area contributed by atoms with Crippen molar-refractivity contribution in [2.45, 2.75) is 6.18 Å². The van der Waals surface area contributed by atoms with Gasteiger partial charge in [-0.05, 0) is 11.6 Å². The maximum atomic E-state index is 12.4. The Morgan fingerprint density at radius 3 is 2.12 bits per heavy atom. The minimum Gasteiger partial charge on any atom is -0.402 e. The van der Waals surface area contributed by atoms with Gasteiger partial charge in [-0.3, -0.25) is 0 Å². The second-order valence-electron chi connectivity index (χ2n) is 2.46. The molecule has 0 amide bonds. The molecule has 1 aromatic rings. The van der Waals surface area contributed by atoms with Gasteiger partial charge in [-0.25, -0.2) is 9.55 Å². The van der Waals surface area contributed by atoms with Crippen LogP contribution in [0.15, 0.2) is 0 Å². The lowest BCUT2D eigenvalue weighted by molar-refractivity contribution is -0.141. The van der Waals surface area contributed by atoms with Crippen LogP contribution in [0.25, 0.3) is 0 Å². The first-order chi connectivity index (χ1) is 7.50. The second-order valence-corrected chi connectivity index (χ2v) is 7.38. The van der Waals surface area contributed by atoms with Crippen molar-refractivity contribution < 1.29 is 22.3 Å². The highest BCUT2D eigenvalue weighted by Crippen LogP contribution is 2.58. The van der Waals surface area contributed by atoms with Crippen molar-refractivity contribution in [2.24, 2.45) is 0 Å². The van der Waals surface area contributed by atoms with Crippen LogP contribution in [0.4, 0.5) is 13.2 Å². The summed E-state index contributed by atoms with van der Waals surface area (Å²) in [5.74, 6) is -0.910. The zero-order valence-electron chi connectivity index (χ0n) is 7.30. The van der Waals surface area contributed by atoms with Crippen LogP contribution in [-0.2, 0) is 10.7 Å². The SMILES string of the molecule is O=P(Cl)(Cl)Oc1nc(Cl)nc(C(F)(F)F)c1Cl. The van der Waals surface area contributed by atoms with Crippen LogP contribution >= 0.6 is 51.8 Å². The maximum Gasteiger partial charge on any atom is 0.435 e. The van der Waals surface area contributed by atoms with Gasteiger partial charge in [-0.2, -0.15) is 18.2 Å². The van der Waals surface area contributed by atoms with Gasteiger partial charge in [-0.1, -0.05) is 11.6 Å². The summed E-state index contributed by atoms with van der Waals surface area (Å²) >= 11 is 20.6. The van der Waals surface area contributed by atoms with E-state index in [0.29, 0.717) is 0 Å². The Morgan fingerprint density at radius 1 is 1.18 bits per heavy atom. The molecule has 0 N–H and O–H groups in total. The summed E-state index contributed by atoms with van der Waals surface area (Å²) in [6.45, 7) is 0. The number of hydrogen-bond acceptors (Lipinski definition) is 4. The number of aromatic nitrogens is 2. The van der Waals surface area contributed by atoms with Crippen LogP contribution in [0.2, 0.25) is 10.3 Å². The van der Waals surface area contributed by atoms with Crippen molar-refractivity contribution in [1.82, 2.24) is 9.97 Å². The Kier molecular flexibility index (Phi) is 4.42. The van der Waals surface area contributed by atoms with Gasteiger partial charge in [0.25, 0.3) is 0 Å². The van der Waals surface area contributed by atoms with Gasteiger partial charge in [-0.15, -0.1) is 0 Å². The molecule has 0 saturated carbocycles. The average Bonchev–Trinajstić information content (AvgIpc) is 2.06. The van der Waals surface area contributed by atoms with Crippen LogP contribution in [-0.4, -0.2) is 9.97 Å². The molecular weight excluding hydrogens is 350 g/mol. The first-order valence-electron chi connectivity index (χ1n) is 3.50. The molecule has 0 saturated heterocycles. The predicted molar refractivity (Wildman–Crippen MR) is 57.0 cm³/mol. The van der Waals surface area contributed by atoms with Gasteiger partial charge >= 0.3 is 12.3 Å². The van der Waals surface area contributed by atoms with E-state index >= 15 is 0 Å². The van der Waals surface area contributed by atoms with Crippen molar-refractivity contribution in [2.75, 3.05) is 0 Å². The van der Waals surface area contributed by atoms with Crippen LogP contribution in [0, 0.1) is 0 Å².